The molecule has 0 bridgehead atoms. The molecule has 1 aromatic heterocycles. The molecule has 1 heterocycles. The van der Waals surface area contributed by atoms with Crippen LogP contribution in [0.4, 0.5) is 0 Å². The largest absolute Gasteiger partial charge is 0.357 e. The van der Waals surface area contributed by atoms with Gasteiger partial charge in [-0.15, -0.1) is 35.3 Å². The Bertz CT molecular complexity index is 612. The van der Waals surface area contributed by atoms with Crippen LogP contribution in [-0.4, -0.2) is 69.5 Å². The zero-order chi connectivity index (χ0) is 19.9. The van der Waals surface area contributed by atoms with E-state index in [1.807, 2.05) is 14.1 Å². The molecule has 1 amide bonds. The van der Waals surface area contributed by atoms with Gasteiger partial charge in [-0.2, -0.15) is 0 Å². The lowest BCUT2D eigenvalue weighted by molar-refractivity contribution is -0.138. The molecular weight excluding hydrogens is 485 g/mol. The quantitative estimate of drug-likeness (QED) is 0.314. The average Bonchev–Trinajstić information content (AvgIpc) is 3.31. The summed E-state index contributed by atoms with van der Waals surface area (Å²) in [6, 6.07) is 4.55. The van der Waals surface area contributed by atoms with Crippen molar-refractivity contribution in [2.24, 2.45) is 10.4 Å². The maximum absolute atomic E-state index is 12.8. The summed E-state index contributed by atoms with van der Waals surface area (Å²) in [5.41, 5.74) is -0.333. The Kier molecular flexibility index (Phi) is 10.8. The normalized spacial score (nSPS) is 17.1. The second kappa shape index (κ2) is 12.0. The Labute approximate surface area is 191 Å². The Hall–Kier alpha value is -0.870. The van der Waals surface area contributed by atoms with Crippen molar-refractivity contribution in [3.8, 4) is 0 Å². The van der Waals surface area contributed by atoms with E-state index >= 15 is 0 Å². The van der Waals surface area contributed by atoms with Crippen LogP contribution in [0.1, 0.15) is 43.5 Å². The standard InChI is InChI=1S/C20H35N5OS.HI/c1-6-21-19(22-14-16(24(2)3)17-10-9-13-27-17)23-15-20(11-7-8-12-20)18(26)25(4)5;/h9-10,13,16H,6-8,11-12,14-15H2,1-5H3,(H2,21,22,23);1H. The third-order valence-corrected chi connectivity index (χ3v) is 6.24. The summed E-state index contributed by atoms with van der Waals surface area (Å²) < 4.78 is 0. The number of likely N-dealkylation sites (N-methyl/N-ethyl adjacent to an activating group) is 1. The summed E-state index contributed by atoms with van der Waals surface area (Å²) in [4.78, 5) is 22.8. The maximum atomic E-state index is 12.8. The summed E-state index contributed by atoms with van der Waals surface area (Å²) in [6.07, 6.45) is 4.09. The average molecular weight is 522 g/mol. The second-order valence-corrected chi connectivity index (χ2v) is 8.74. The van der Waals surface area contributed by atoms with Crippen LogP contribution in [0.2, 0.25) is 0 Å². The predicted octanol–water partition coefficient (Wildman–Crippen LogP) is 3.17. The van der Waals surface area contributed by atoms with Gasteiger partial charge in [0.25, 0.3) is 0 Å². The number of hydrogen-bond donors (Lipinski definition) is 2. The number of thiophene rings is 1. The molecule has 1 atom stereocenters. The van der Waals surface area contributed by atoms with Gasteiger partial charge in [-0.05, 0) is 45.3 Å². The van der Waals surface area contributed by atoms with Crippen LogP contribution in [0.25, 0.3) is 0 Å². The molecule has 0 aromatic carbocycles. The number of carbonyl (C=O) groups is 1. The smallest absolute Gasteiger partial charge is 0.230 e. The number of amides is 1. The van der Waals surface area contributed by atoms with E-state index in [0.29, 0.717) is 6.54 Å². The van der Waals surface area contributed by atoms with Crippen molar-refractivity contribution in [3.05, 3.63) is 22.4 Å². The molecule has 8 heteroatoms. The van der Waals surface area contributed by atoms with Gasteiger partial charge in [0.1, 0.15) is 0 Å². The van der Waals surface area contributed by atoms with E-state index in [2.05, 4.69) is 54.1 Å². The lowest BCUT2D eigenvalue weighted by atomic mass is 9.85. The van der Waals surface area contributed by atoms with Crippen LogP contribution < -0.4 is 10.6 Å². The van der Waals surface area contributed by atoms with Crippen molar-refractivity contribution in [3.63, 3.8) is 0 Å². The lowest BCUT2D eigenvalue weighted by Gasteiger charge is -2.29. The summed E-state index contributed by atoms with van der Waals surface area (Å²) in [5.74, 6) is 1.00. The van der Waals surface area contributed by atoms with Crippen LogP contribution >= 0.6 is 35.3 Å². The molecule has 2 N–H and O–H groups in total. The zero-order valence-corrected chi connectivity index (χ0v) is 21.0. The van der Waals surface area contributed by atoms with Crippen molar-refractivity contribution < 1.29 is 4.79 Å². The van der Waals surface area contributed by atoms with Gasteiger partial charge in [-0.3, -0.25) is 9.79 Å². The molecular formula is C20H36IN5OS. The molecule has 1 fully saturated rings. The van der Waals surface area contributed by atoms with Crippen molar-refractivity contribution in [2.75, 3.05) is 47.8 Å². The number of aliphatic imine (C=N–C) groups is 1. The third kappa shape index (κ3) is 6.59. The van der Waals surface area contributed by atoms with E-state index in [0.717, 1.165) is 44.7 Å². The molecule has 0 aliphatic heterocycles. The molecule has 0 spiro atoms. The topological polar surface area (TPSA) is 60.0 Å². The van der Waals surface area contributed by atoms with Gasteiger partial charge in [0.05, 0.1) is 18.0 Å². The van der Waals surface area contributed by atoms with E-state index in [1.165, 1.54) is 4.88 Å². The number of carbonyl (C=O) groups excluding carboxylic acids is 1. The van der Waals surface area contributed by atoms with Crippen LogP contribution in [0, 0.1) is 5.41 Å². The van der Waals surface area contributed by atoms with Crippen LogP contribution in [0.3, 0.4) is 0 Å². The van der Waals surface area contributed by atoms with Crippen molar-refractivity contribution in [2.45, 2.75) is 38.6 Å². The molecule has 1 saturated carbocycles. The van der Waals surface area contributed by atoms with Gasteiger partial charge in [0, 0.05) is 32.1 Å². The van der Waals surface area contributed by atoms with E-state index in [4.69, 9.17) is 4.99 Å². The molecule has 1 aromatic rings. The Morgan fingerprint density at radius 2 is 1.93 bits per heavy atom. The number of nitrogens with zero attached hydrogens (tertiary/aromatic N) is 3. The maximum Gasteiger partial charge on any atom is 0.230 e. The molecule has 6 nitrogen and oxygen atoms in total. The monoisotopic (exact) mass is 521 g/mol. The first-order valence-electron chi connectivity index (χ1n) is 9.83. The highest BCUT2D eigenvalue weighted by molar-refractivity contribution is 14.0. The molecule has 160 valence electrons. The third-order valence-electron chi connectivity index (χ3n) is 5.26. The number of halogens is 1. The molecule has 1 aliphatic rings. The number of hydrogen-bond acceptors (Lipinski definition) is 4. The minimum absolute atomic E-state index is 0. The van der Waals surface area contributed by atoms with Gasteiger partial charge >= 0.3 is 0 Å². The van der Waals surface area contributed by atoms with Gasteiger partial charge in [-0.25, -0.2) is 0 Å². The first-order valence-corrected chi connectivity index (χ1v) is 10.7. The van der Waals surface area contributed by atoms with Crippen LogP contribution in [0.15, 0.2) is 22.5 Å². The number of guanidine groups is 1. The lowest BCUT2D eigenvalue weighted by Crippen LogP contribution is -2.44. The predicted molar refractivity (Wildman–Crippen MR) is 130 cm³/mol. The molecule has 0 radical (unpaired) electrons. The minimum atomic E-state index is -0.333. The number of nitrogens with one attached hydrogen (secondary N) is 2. The molecule has 1 unspecified atom stereocenters. The van der Waals surface area contributed by atoms with Crippen LogP contribution in [0.5, 0.6) is 0 Å². The molecule has 0 saturated heterocycles. The van der Waals surface area contributed by atoms with Crippen molar-refractivity contribution in [1.82, 2.24) is 20.4 Å². The Balaban J connectivity index is 0.00000392. The zero-order valence-electron chi connectivity index (χ0n) is 17.8. The fourth-order valence-electron chi connectivity index (χ4n) is 3.75. The fourth-order valence-corrected chi connectivity index (χ4v) is 4.67. The summed E-state index contributed by atoms with van der Waals surface area (Å²) in [7, 11) is 7.88. The first kappa shape index (κ1) is 25.2. The Morgan fingerprint density at radius 3 is 2.43 bits per heavy atom. The molecule has 1 aliphatic carbocycles. The molecule has 2 rings (SSSR count). The summed E-state index contributed by atoms with van der Waals surface area (Å²) in [5, 5.41) is 8.92. The van der Waals surface area contributed by atoms with Gasteiger partial charge < -0.3 is 20.4 Å². The highest BCUT2D eigenvalue weighted by Gasteiger charge is 2.42. The highest BCUT2D eigenvalue weighted by Crippen LogP contribution is 2.39. The summed E-state index contributed by atoms with van der Waals surface area (Å²) >= 11 is 1.77. The SMILES string of the molecule is CCNC(=NCC1(C(=O)N(C)C)CCCC1)NCC(c1cccs1)N(C)C.I. The number of rotatable bonds is 8. The highest BCUT2D eigenvalue weighted by atomic mass is 127. The van der Waals surface area contributed by atoms with Crippen molar-refractivity contribution in [1.29, 1.82) is 0 Å². The Morgan fingerprint density at radius 1 is 1.25 bits per heavy atom. The first-order chi connectivity index (χ1) is 12.9. The van der Waals surface area contributed by atoms with E-state index in [9.17, 15) is 4.79 Å². The van der Waals surface area contributed by atoms with E-state index in [-0.39, 0.29) is 41.3 Å². The fraction of sp³-hybridized carbons (Fsp3) is 0.700. The summed E-state index contributed by atoms with van der Waals surface area (Å²) in [6.45, 7) is 4.18. The van der Waals surface area contributed by atoms with Crippen LogP contribution in [-0.2, 0) is 4.79 Å². The van der Waals surface area contributed by atoms with E-state index < -0.39 is 0 Å². The minimum Gasteiger partial charge on any atom is -0.357 e. The van der Waals surface area contributed by atoms with Gasteiger partial charge in [-0.1, -0.05) is 18.9 Å². The van der Waals surface area contributed by atoms with Gasteiger partial charge in [0.15, 0.2) is 5.96 Å². The molecule has 28 heavy (non-hydrogen) atoms. The van der Waals surface area contributed by atoms with Gasteiger partial charge in [0.2, 0.25) is 5.91 Å². The second-order valence-electron chi connectivity index (χ2n) is 7.76. The van der Waals surface area contributed by atoms with E-state index in [1.54, 1.807) is 16.2 Å². The van der Waals surface area contributed by atoms with Crippen molar-refractivity contribution >= 4 is 47.2 Å².